The molecule has 2 aromatic rings. The van der Waals surface area contributed by atoms with Crippen LogP contribution in [0.5, 0.6) is 11.5 Å². The maximum atomic E-state index is 13.2. The second-order valence-corrected chi connectivity index (χ2v) is 6.31. The van der Waals surface area contributed by atoms with E-state index in [0.29, 0.717) is 11.5 Å². The predicted molar refractivity (Wildman–Crippen MR) is 89.9 cm³/mol. The molecular formula is C17H17F2NO3S. The zero-order valence-corrected chi connectivity index (χ0v) is 14.2. The molecule has 2 rings (SSSR count). The Morgan fingerprint density at radius 2 is 1.75 bits per heavy atom. The molecule has 0 unspecified atom stereocenters. The van der Waals surface area contributed by atoms with E-state index in [9.17, 15) is 13.6 Å². The van der Waals surface area contributed by atoms with E-state index >= 15 is 0 Å². The van der Waals surface area contributed by atoms with E-state index < -0.39 is 16.9 Å². The van der Waals surface area contributed by atoms with Crippen molar-refractivity contribution >= 4 is 23.4 Å². The number of ether oxygens (including phenoxy) is 2. The molecule has 24 heavy (non-hydrogen) atoms. The van der Waals surface area contributed by atoms with Gasteiger partial charge in [-0.05, 0) is 37.3 Å². The minimum absolute atomic E-state index is 0.207. The van der Waals surface area contributed by atoms with Gasteiger partial charge in [-0.2, -0.15) is 0 Å². The highest BCUT2D eigenvalue weighted by Gasteiger charge is 2.16. The second-order valence-electron chi connectivity index (χ2n) is 4.90. The third-order valence-corrected chi connectivity index (χ3v) is 4.32. The monoisotopic (exact) mass is 353 g/mol. The molecule has 128 valence electrons. The van der Waals surface area contributed by atoms with Crippen LogP contribution in [0.25, 0.3) is 0 Å². The van der Waals surface area contributed by atoms with Crippen molar-refractivity contribution in [2.75, 3.05) is 19.5 Å². The fraction of sp³-hybridized carbons (Fsp3) is 0.235. The average Bonchev–Trinajstić information content (AvgIpc) is 2.57. The van der Waals surface area contributed by atoms with Crippen molar-refractivity contribution in [1.29, 1.82) is 0 Å². The minimum Gasteiger partial charge on any atom is -0.493 e. The van der Waals surface area contributed by atoms with E-state index in [1.54, 1.807) is 26.2 Å². The predicted octanol–water partition coefficient (Wildman–Crippen LogP) is 4.10. The lowest BCUT2D eigenvalue weighted by atomic mass is 10.3. The number of nitrogens with one attached hydrogen (secondary N) is 1. The summed E-state index contributed by atoms with van der Waals surface area (Å²) in [6, 6.07) is 8.56. The van der Waals surface area contributed by atoms with Crippen molar-refractivity contribution in [2.45, 2.75) is 17.1 Å². The molecule has 0 radical (unpaired) electrons. The van der Waals surface area contributed by atoms with Crippen LogP contribution in [0.15, 0.2) is 41.3 Å². The lowest BCUT2D eigenvalue weighted by Gasteiger charge is -2.14. The number of hydrogen-bond acceptors (Lipinski definition) is 4. The summed E-state index contributed by atoms with van der Waals surface area (Å²) in [5.41, 5.74) is 0.207. The molecule has 0 aromatic heterocycles. The van der Waals surface area contributed by atoms with Crippen LogP contribution in [-0.4, -0.2) is 25.4 Å². The first-order chi connectivity index (χ1) is 11.4. The van der Waals surface area contributed by atoms with Crippen LogP contribution in [0.2, 0.25) is 0 Å². The van der Waals surface area contributed by atoms with Gasteiger partial charge in [0.1, 0.15) is 0 Å². The summed E-state index contributed by atoms with van der Waals surface area (Å²) in [5, 5.41) is 2.11. The van der Waals surface area contributed by atoms with Gasteiger partial charge >= 0.3 is 0 Å². The van der Waals surface area contributed by atoms with E-state index in [0.717, 1.165) is 17.0 Å². The van der Waals surface area contributed by atoms with Crippen molar-refractivity contribution in [1.82, 2.24) is 0 Å². The molecule has 0 saturated carbocycles. The van der Waals surface area contributed by atoms with Crippen LogP contribution in [0.3, 0.4) is 0 Å². The van der Waals surface area contributed by atoms with Crippen molar-refractivity contribution in [3.8, 4) is 11.5 Å². The Morgan fingerprint density at radius 1 is 1.04 bits per heavy atom. The molecule has 0 saturated heterocycles. The molecule has 0 fully saturated rings. The number of thioether (sulfide) groups is 1. The van der Waals surface area contributed by atoms with E-state index in [1.807, 2.05) is 6.07 Å². The Kier molecular flexibility index (Phi) is 6.03. The highest BCUT2D eigenvalue weighted by Crippen LogP contribution is 2.33. The number of benzene rings is 2. The minimum atomic E-state index is -1.01. The van der Waals surface area contributed by atoms with Crippen LogP contribution in [0.4, 0.5) is 14.5 Å². The molecule has 2 aromatic carbocycles. The third kappa shape index (κ3) is 4.38. The first kappa shape index (κ1) is 18.1. The SMILES string of the molecule is COc1ccc(S[C@@H](C)C(=O)Nc2ccc(F)c(F)c2)cc1OC. The Balaban J connectivity index is 2.04. The molecule has 0 aliphatic rings. The number of halogens is 2. The Hall–Kier alpha value is -2.28. The number of carbonyl (C=O) groups is 1. The normalized spacial score (nSPS) is 11.7. The van der Waals surface area contributed by atoms with Gasteiger partial charge in [-0.25, -0.2) is 8.78 Å². The van der Waals surface area contributed by atoms with E-state index in [1.165, 1.54) is 24.9 Å². The number of hydrogen-bond donors (Lipinski definition) is 1. The number of rotatable bonds is 6. The van der Waals surface area contributed by atoms with Gasteiger partial charge in [0.2, 0.25) is 5.91 Å². The van der Waals surface area contributed by atoms with Crippen LogP contribution in [0, 0.1) is 11.6 Å². The van der Waals surface area contributed by atoms with Gasteiger partial charge in [0, 0.05) is 16.6 Å². The maximum absolute atomic E-state index is 13.2. The van der Waals surface area contributed by atoms with Crippen LogP contribution < -0.4 is 14.8 Å². The molecule has 0 aliphatic carbocycles. The first-order valence-corrected chi connectivity index (χ1v) is 7.97. The molecule has 1 N–H and O–H groups in total. The summed E-state index contributed by atoms with van der Waals surface area (Å²) in [4.78, 5) is 13.0. The summed E-state index contributed by atoms with van der Waals surface area (Å²) in [5.74, 6) is -1.12. The zero-order chi connectivity index (χ0) is 17.7. The van der Waals surface area contributed by atoms with Crippen molar-refractivity contribution in [3.05, 3.63) is 48.0 Å². The fourth-order valence-electron chi connectivity index (χ4n) is 1.97. The van der Waals surface area contributed by atoms with Crippen LogP contribution in [0.1, 0.15) is 6.92 Å². The molecule has 0 spiro atoms. The number of carbonyl (C=O) groups excluding carboxylic acids is 1. The summed E-state index contributed by atoms with van der Waals surface area (Å²) in [6.07, 6.45) is 0. The van der Waals surface area contributed by atoms with Gasteiger partial charge in [0.05, 0.1) is 19.5 Å². The molecule has 4 nitrogen and oxygen atoms in total. The van der Waals surface area contributed by atoms with Gasteiger partial charge in [-0.15, -0.1) is 11.8 Å². The molecular weight excluding hydrogens is 336 g/mol. The molecule has 0 heterocycles. The number of amides is 1. The third-order valence-electron chi connectivity index (χ3n) is 3.22. The Bertz CT molecular complexity index is 740. The Morgan fingerprint density at radius 3 is 2.38 bits per heavy atom. The highest BCUT2D eigenvalue weighted by molar-refractivity contribution is 8.00. The van der Waals surface area contributed by atoms with Gasteiger partial charge in [-0.3, -0.25) is 4.79 Å². The van der Waals surface area contributed by atoms with Gasteiger partial charge in [-0.1, -0.05) is 0 Å². The van der Waals surface area contributed by atoms with Crippen LogP contribution >= 0.6 is 11.8 Å². The standard InChI is InChI=1S/C17H17F2NO3S/c1-10(17(21)20-11-4-6-13(18)14(19)8-11)24-12-5-7-15(22-2)16(9-12)23-3/h4-10H,1-3H3,(H,20,21)/t10-/m0/s1. The van der Waals surface area contributed by atoms with Crippen molar-refractivity contribution < 1.29 is 23.0 Å². The maximum Gasteiger partial charge on any atom is 0.237 e. The first-order valence-electron chi connectivity index (χ1n) is 7.09. The van der Waals surface area contributed by atoms with E-state index in [2.05, 4.69) is 5.32 Å². The summed E-state index contributed by atoms with van der Waals surface area (Å²) < 4.78 is 36.5. The highest BCUT2D eigenvalue weighted by atomic mass is 32.2. The van der Waals surface area contributed by atoms with Gasteiger partial charge in [0.25, 0.3) is 0 Å². The quantitative estimate of drug-likeness (QED) is 0.794. The molecule has 0 aliphatic heterocycles. The van der Waals surface area contributed by atoms with Crippen LogP contribution in [-0.2, 0) is 4.79 Å². The smallest absolute Gasteiger partial charge is 0.237 e. The van der Waals surface area contributed by atoms with Crippen molar-refractivity contribution in [3.63, 3.8) is 0 Å². The molecule has 1 atom stereocenters. The largest absolute Gasteiger partial charge is 0.493 e. The summed E-state index contributed by atoms with van der Waals surface area (Å²) in [7, 11) is 3.08. The summed E-state index contributed by atoms with van der Waals surface area (Å²) >= 11 is 1.31. The van der Waals surface area contributed by atoms with Gasteiger partial charge in [0.15, 0.2) is 23.1 Å². The second kappa shape index (κ2) is 8.01. The molecule has 1 amide bonds. The fourth-order valence-corrected chi connectivity index (χ4v) is 2.86. The zero-order valence-electron chi connectivity index (χ0n) is 13.4. The lowest BCUT2D eigenvalue weighted by molar-refractivity contribution is -0.115. The van der Waals surface area contributed by atoms with Gasteiger partial charge < -0.3 is 14.8 Å². The number of methoxy groups -OCH3 is 2. The number of anilines is 1. The van der Waals surface area contributed by atoms with Crippen molar-refractivity contribution in [2.24, 2.45) is 0 Å². The molecule has 0 bridgehead atoms. The lowest BCUT2D eigenvalue weighted by Crippen LogP contribution is -2.22. The Labute approximate surface area is 143 Å². The van der Waals surface area contributed by atoms with E-state index in [-0.39, 0.29) is 11.6 Å². The average molecular weight is 353 g/mol. The van der Waals surface area contributed by atoms with E-state index in [4.69, 9.17) is 9.47 Å². The molecule has 7 heteroatoms. The topological polar surface area (TPSA) is 47.6 Å². The summed E-state index contributed by atoms with van der Waals surface area (Å²) in [6.45, 7) is 1.72.